The van der Waals surface area contributed by atoms with Crippen LogP contribution < -0.4 is 11.3 Å². The fraction of sp³-hybridized carbons (Fsp3) is 0.438. The Kier molecular flexibility index (Phi) is 5.98. The summed E-state index contributed by atoms with van der Waals surface area (Å²) in [6.45, 7) is 4.62. The van der Waals surface area contributed by atoms with Crippen LogP contribution in [0, 0.1) is 5.92 Å². The molecule has 0 radical (unpaired) electrons. The van der Waals surface area contributed by atoms with Gasteiger partial charge in [-0.1, -0.05) is 19.1 Å². The van der Waals surface area contributed by atoms with Gasteiger partial charge in [-0.15, -0.1) is 0 Å². The van der Waals surface area contributed by atoms with Crippen molar-refractivity contribution in [1.29, 1.82) is 0 Å². The number of nitrogens with one attached hydrogen (secondary N) is 1. The quantitative estimate of drug-likeness (QED) is 0.733. The third-order valence-electron chi connectivity index (χ3n) is 4.02. The van der Waals surface area contributed by atoms with E-state index in [1.807, 2.05) is 18.2 Å². The van der Waals surface area contributed by atoms with E-state index in [1.54, 1.807) is 6.07 Å². The number of hydrogen-bond donors (Lipinski definition) is 3. The van der Waals surface area contributed by atoms with Crippen molar-refractivity contribution in [3.05, 3.63) is 40.4 Å². The van der Waals surface area contributed by atoms with Crippen LogP contribution >= 0.6 is 0 Å². The van der Waals surface area contributed by atoms with Gasteiger partial charge in [0.05, 0.1) is 17.4 Å². The number of carbonyl (C=O) groups is 1. The molecule has 3 rings (SSSR count). The van der Waals surface area contributed by atoms with E-state index in [9.17, 15) is 18.0 Å². The highest BCUT2D eigenvalue weighted by atomic mass is 19.4. The van der Waals surface area contributed by atoms with Gasteiger partial charge in [-0.3, -0.25) is 9.69 Å². The molecule has 1 fully saturated rings. The second-order valence-electron chi connectivity index (χ2n) is 6.17. The number of halogens is 3. The Balaban J connectivity index is 0.000000298. The number of nitrogens with zero attached hydrogens (tertiary/aromatic N) is 2. The number of rotatable bonds is 2. The summed E-state index contributed by atoms with van der Waals surface area (Å²) in [7, 11) is 0. The van der Waals surface area contributed by atoms with Crippen molar-refractivity contribution in [2.75, 3.05) is 13.1 Å². The number of aromatic nitrogens is 2. The lowest BCUT2D eigenvalue weighted by Crippen LogP contribution is -2.29. The lowest BCUT2D eigenvalue weighted by Gasteiger charge is -2.14. The topological polar surface area (TPSA) is 112 Å². The van der Waals surface area contributed by atoms with Crippen molar-refractivity contribution in [3.8, 4) is 0 Å². The average molecular weight is 372 g/mol. The molecular weight excluding hydrogens is 353 g/mol. The molecule has 2 atom stereocenters. The Morgan fingerprint density at radius 3 is 2.54 bits per heavy atom. The highest BCUT2D eigenvalue weighted by Gasteiger charge is 2.38. The molecule has 0 saturated carbocycles. The number of nitrogens with two attached hydrogens (primary N) is 1. The highest BCUT2D eigenvalue weighted by molar-refractivity contribution is 5.77. The normalized spacial score (nSPS) is 20.7. The van der Waals surface area contributed by atoms with Crippen molar-refractivity contribution < 1.29 is 23.1 Å². The molecule has 0 spiro atoms. The van der Waals surface area contributed by atoms with Gasteiger partial charge in [-0.05, 0) is 18.1 Å². The molecule has 10 heteroatoms. The maximum Gasteiger partial charge on any atom is 0.490 e. The Labute approximate surface area is 146 Å². The van der Waals surface area contributed by atoms with Gasteiger partial charge in [0.2, 0.25) is 0 Å². The van der Waals surface area contributed by atoms with E-state index < -0.39 is 12.1 Å². The number of fused-ring (bicyclic) bond motifs is 1. The monoisotopic (exact) mass is 372 g/mol. The molecule has 0 bridgehead atoms. The summed E-state index contributed by atoms with van der Waals surface area (Å²) in [6.07, 6.45) is -5.08. The summed E-state index contributed by atoms with van der Waals surface area (Å²) in [4.78, 5) is 30.5. The molecule has 2 heterocycles. The van der Waals surface area contributed by atoms with Crippen LogP contribution in [-0.4, -0.2) is 51.3 Å². The lowest BCUT2D eigenvalue weighted by atomic mass is 10.1. The van der Waals surface area contributed by atoms with Gasteiger partial charge >= 0.3 is 12.1 Å². The van der Waals surface area contributed by atoms with E-state index in [2.05, 4.69) is 21.8 Å². The van der Waals surface area contributed by atoms with E-state index in [-0.39, 0.29) is 11.6 Å². The van der Waals surface area contributed by atoms with Crippen molar-refractivity contribution in [1.82, 2.24) is 14.9 Å². The van der Waals surface area contributed by atoms with Crippen molar-refractivity contribution in [2.24, 2.45) is 11.7 Å². The van der Waals surface area contributed by atoms with Gasteiger partial charge in [0.15, 0.2) is 0 Å². The molecule has 26 heavy (non-hydrogen) atoms. The van der Waals surface area contributed by atoms with Crippen LogP contribution in [0.5, 0.6) is 0 Å². The average Bonchev–Trinajstić information content (AvgIpc) is 2.85. The highest BCUT2D eigenvalue weighted by Crippen LogP contribution is 2.16. The van der Waals surface area contributed by atoms with E-state index in [0.717, 1.165) is 18.6 Å². The van der Waals surface area contributed by atoms with Crippen LogP contribution in [0.4, 0.5) is 13.2 Å². The molecule has 0 aliphatic carbocycles. The van der Waals surface area contributed by atoms with Crippen LogP contribution in [0.2, 0.25) is 0 Å². The van der Waals surface area contributed by atoms with E-state index in [1.165, 1.54) is 0 Å². The summed E-state index contributed by atoms with van der Waals surface area (Å²) < 4.78 is 31.7. The number of likely N-dealkylation sites (tertiary alicyclic amines) is 1. The fourth-order valence-corrected chi connectivity index (χ4v) is 2.65. The van der Waals surface area contributed by atoms with Crippen LogP contribution in [0.15, 0.2) is 29.1 Å². The van der Waals surface area contributed by atoms with Gasteiger partial charge in [-0.25, -0.2) is 9.78 Å². The molecule has 1 saturated heterocycles. The first-order valence-electron chi connectivity index (χ1n) is 7.84. The number of hydrogen-bond acceptors (Lipinski definition) is 5. The zero-order valence-electron chi connectivity index (χ0n) is 14.0. The number of H-pyrrole nitrogens is 1. The zero-order valence-corrected chi connectivity index (χ0v) is 14.0. The molecule has 1 aromatic carbocycles. The summed E-state index contributed by atoms with van der Waals surface area (Å²) >= 11 is 0. The molecular formula is C16H19F3N4O3. The number of para-hydroxylation sites is 1. The third kappa shape index (κ3) is 5.02. The SMILES string of the molecule is C[C@@H]1CN(Cc2nc3ccccc3c(=O)[nH]2)C[C@H]1N.O=C(O)C(F)(F)F. The largest absolute Gasteiger partial charge is 0.490 e. The zero-order chi connectivity index (χ0) is 19.5. The van der Waals surface area contributed by atoms with E-state index in [0.29, 0.717) is 23.7 Å². The number of benzene rings is 1. The van der Waals surface area contributed by atoms with Crippen molar-refractivity contribution in [3.63, 3.8) is 0 Å². The minimum Gasteiger partial charge on any atom is -0.475 e. The maximum absolute atomic E-state index is 12.0. The molecule has 1 aromatic heterocycles. The van der Waals surface area contributed by atoms with Gasteiger partial charge < -0.3 is 15.8 Å². The molecule has 1 aliphatic rings. The molecule has 0 amide bonds. The van der Waals surface area contributed by atoms with Crippen LogP contribution in [0.1, 0.15) is 12.7 Å². The lowest BCUT2D eigenvalue weighted by molar-refractivity contribution is -0.192. The van der Waals surface area contributed by atoms with E-state index >= 15 is 0 Å². The third-order valence-corrected chi connectivity index (χ3v) is 4.02. The van der Waals surface area contributed by atoms with Crippen molar-refractivity contribution in [2.45, 2.75) is 25.7 Å². The second kappa shape index (κ2) is 7.83. The summed E-state index contributed by atoms with van der Waals surface area (Å²) in [5, 5.41) is 7.76. The first-order valence-corrected chi connectivity index (χ1v) is 7.84. The first kappa shape index (κ1) is 19.9. The minimum atomic E-state index is -5.08. The predicted molar refractivity (Wildman–Crippen MR) is 88.5 cm³/mol. The molecule has 1 aliphatic heterocycles. The van der Waals surface area contributed by atoms with Crippen LogP contribution in [0.25, 0.3) is 10.9 Å². The Morgan fingerprint density at radius 1 is 1.38 bits per heavy atom. The molecule has 0 unspecified atom stereocenters. The number of carboxylic acid groups (broad SMARTS) is 1. The smallest absolute Gasteiger partial charge is 0.475 e. The fourth-order valence-electron chi connectivity index (χ4n) is 2.65. The van der Waals surface area contributed by atoms with Crippen molar-refractivity contribution >= 4 is 16.9 Å². The summed E-state index contributed by atoms with van der Waals surface area (Å²) in [5.74, 6) is -1.55. The standard InChI is InChI=1S/C14H18N4O.C2HF3O2/c1-9-6-18(7-11(9)15)8-13-16-12-5-3-2-4-10(12)14(19)17-13;3-2(4,5)1(6)7/h2-5,9,11H,6-8,15H2,1H3,(H,16,17,19);(H,6,7)/t9-,11-;/m1./s1. The number of alkyl halides is 3. The number of aromatic amines is 1. The van der Waals surface area contributed by atoms with Crippen LogP contribution in [0.3, 0.4) is 0 Å². The molecule has 4 N–H and O–H groups in total. The van der Waals surface area contributed by atoms with Gasteiger partial charge in [0.1, 0.15) is 5.82 Å². The summed E-state index contributed by atoms with van der Waals surface area (Å²) in [5.41, 5.74) is 6.68. The molecule has 142 valence electrons. The maximum atomic E-state index is 12.0. The predicted octanol–water partition coefficient (Wildman–Crippen LogP) is 1.34. The molecule has 7 nitrogen and oxygen atoms in total. The number of aliphatic carboxylic acids is 1. The second-order valence-corrected chi connectivity index (χ2v) is 6.17. The molecule has 2 aromatic rings. The van der Waals surface area contributed by atoms with Gasteiger partial charge in [0.25, 0.3) is 5.56 Å². The Bertz CT molecular complexity index is 827. The van der Waals surface area contributed by atoms with Gasteiger partial charge in [0, 0.05) is 19.1 Å². The number of carboxylic acids is 1. The minimum absolute atomic E-state index is 0.0721. The van der Waals surface area contributed by atoms with Crippen LogP contribution in [-0.2, 0) is 11.3 Å². The first-order chi connectivity index (χ1) is 12.1. The Hall–Kier alpha value is -2.46. The summed E-state index contributed by atoms with van der Waals surface area (Å²) in [6, 6.07) is 7.62. The Morgan fingerprint density at radius 2 is 2.00 bits per heavy atom. The van der Waals surface area contributed by atoms with E-state index in [4.69, 9.17) is 15.6 Å². The van der Waals surface area contributed by atoms with Gasteiger partial charge in [-0.2, -0.15) is 13.2 Å².